The van der Waals surface area contributed by atoms with Crippen molar-refractivity contribution in [3.8, 4) is 0 Å². The van der Waals surface area contributed by atoms with Gasteiger partial charge in [-0.15, -0.1) is 0 Å². The summed E-state index contributed by atoms with van der Waals surface area (Å²) in [5.41, 5.74) is 6.96. The molecule has 1 aliphatic heterocycles. The van der Waals surface area contributed by atoms with E-state index in [9.17, 15) is 13.2 Å². The van der Waals surface area contributed by atoms with Gasteiger partial charge in [0.2, 0.25) is 0 Å². The smallest absolute Gasteiger partial charge is 0.398 e. The lowest BCUT2D eigenvalue weighted by atomic mass is 10.1. The predicted octanol–water partition coefficient (Wildman–Crippen LogP) is 3.73. The minimum atomic E-state index is -4.18. The molecular weight excluding hydrogens is 321 g/mol. The van der Waals surface area contributed by atoms with Gasteiger partial charge in [0.15, 0.2) is 0 Å². The third kappa shape index (κ3) is 3.73. The number of alkyl halides is 3. The molecule has 0 saturated carbocycles. The van der Waals surface area contributed by atoms with Crippen LogP contribution in [0.3, 0.4) is 0 Å². The van der Waals surface area contributed by atoms with E-state index in [2.05, 4.69) is 15.9 Å². The maximum atomic E-state index is 12.5. The number of anilines is 1. The van der Waals surface area contributed by atoms with Gasteiger partial charge in [-0.25, -0.2) is 0 Å². The summed E-state index contributed by atoms with van der Waals surface area (Å²) in [7, 11) is 0. The van der Waals surface area contributed by atoms with E-state index in [-0.39, 0.29) is 6.42 Å². The first-order valence-corrected chi connectivity index (χ1v) is 6.68. The van der Waals surface area contributed by atoms with Crippen molar-refractivity contribution in [1.29, 1.82) is 0 Å². The Hall–Kier alpha value is -1.01. The molecule has 2 rings (SSSR count). The lowest BCUT2D eigenvalue weighted by Crippen LogP contribution is -2.31. The van der Waals surface area contributed by atoms with E-state index in [4.69, 9.17) is 5.73 Å². The van der Waals surface area contributed by atoms with Gasteiger partial charge in [-0.05, 0) is 40.0 Å². The fourth-order valence-corrected chi connectivity index (χ4v) is 2.47. The molecule has 1 aromatic carbocycles. The molecule has 0 amide bonds. The largest absolute Gasteiger partial charge is 0.412 e. The standard InChI is InChI=1S/C13H14BrF3N2/c14-11-7-9(1-2-12(11)18)8-19-5-3-10(4-6-19)13(15,16)17/h1-3,7H,4-6,8,18H2. The molecule has 0 radical (unpaired) electrons. The number of hydrogen-bond donors (Lipinski definition) is 1. The molecule has 1 aliphatic rings. The van der Waals surface area contributed by atoms with Crippen LogP contribution in [-0.4, -0.2) is 24.2 Å². The van der Waals surface area contributed by atoms with Crippen molar-refractivity contribution in [2.24, 2.45) is 0 Å². The number of nitrogen functional groups attached to an aromatic ring is 1. The quantitative estimate of drug-likeness (QED) is 0.659. The highest BCUT2D eigenvalue weighted by molar-refractivity contribution is 9.10. The molecule has 0 fully saturated rings. The van der Waals surface area contributed by atoms with Crippen molar-refractivity contribution in [2.45, 2.75) is 19.1 Å². The van der Waals surface area contributed by atoms with Crippen LogP contribution < -0.4 is 5.73 Å². The number of hydrogen-bond acceptors (Lipinski definition) is 2. The van der Waals surface area contributed by atoms with Crippen molar-refractivity contribution in [3.63, 3.8) is 0 Å². The first-order valence-electron chi connectivity index (χ1n) is 5.89. The van der Waals surface area contributed by atoms with Gasteiger partial charge in [-0.1, -0.05) is 12.1 Å². The highest BCUT2D eigenvalue weighted by atomic mass is 79.9. The normalized spacial score (nSPS) is 17.4. The fraction of sp³-hybridized carbons (Fsp3) is 0.385. The highest BCUT2D eigenvalue weighted by Crippen LogP contribution is 2.30. The zero-order valence-corrected chi connectivity index (χ0v) is 11.8. The van der Waals surface area contributed by atoms with Crippen LogP contribution in [0, 0.1) is 0 Å². The highest BCUT2D eigenvalue weighted by Gasteiger charge is 2.34. The number of benzene rings is 1. The van der Waals surface area contributed by atoms with E-state index >= 15 is 0 Å². The topological polar surface area (TPSA) is 29.3 Å². The van der Waals surface area contributed by atoms with Crippen LogP contribution in [0.15, 0.2) is 34.3 Å². The molecule has 2 N–H and O–H groups in total. The summed E-state index contributed by atoms with van der Waals surface area (Å²) in [4.78, 5) is 1.98. The molecule has 1 aromatic rings. The minimum Gasteiger partial charge on any atom is -0.398 e. The lowest BCUT2D eigenvalue weighted by Gasteiger charge is -2.27. The Morgan fingerprint density at radius 2 is 2.05 bits per heavy atom. The Morgan fingerprint density at radius 3 is 2.58 bits per heavy atom. The van der Waals surface area contributed by atoms with Gasteiger partial charge in [-0.3, -0.25) is 4.90 Å². The maximum Gasteiger partial charge on any atom is 0.412 e. The van der Waals surface area contributed by atoms with Crippen LogP contribution in [0.25, 0.3) is 0 Å². The molecule has 0 unspecified atom stereocenters. The SMILES string of the molecule is Nc1ccc(CN2CC=C(C(F)(F)F)CC2)cc1Br. The van der Waals surface area contributed by atoms with Gasteiger partial charge in [0, 0.05) is 35.4 Å². The number of rotatable bonds is 2. The summed E-state index contributed by atoms with van der Waals surface area (Å²) in [6.45, 7) is 1.38. The number of nitrogens with zero attached hydrogens (tertiary/aromatic N) is 1. The molecule has 0 saturated heterocycles. The van der Waals surface area contributed by atoms with Gasteiger partial charge < -0.3 is 5.73 Å². The predicted molar refractivity (Wildman–Crippen MR) is 72.6 cm³/mol. The van der Waals surface area contributed by atoms with Crippen LogP contribution in [-0.2, 0) is 6.54 Å². The molecule has 6 heteroatoms. The molecule has 0 atom stereocenters. The first kappa shape index (κ1) is 14.4. The minimum absolute atomic E-state index is 0.0552. The van der Waals surface area contributed by atoms with Crippen LogP contribution >= 0.6 is 15.9 Å². The Morgan fingerprint density at radius 1 is 1.32 bits per heavy atom. The summed E-state index contributed by atoms with van der Waals surface area (Å²) in [6, 6.07) is 5.59. The summed E-state index contributed by atoms with van der Waals surface area (Å²) in [5.74, 6) is 0. The van der Waals surface area contributed by atoms with E-state index in [1.54, 1.807) is 6.07 Å². The van der Waals surface area contributed by atoms with Gasteiger partial charge in [0.1, 0.15) is 0 Å². The van der Waals surface area contributed by atoms with Gasteiger partial charge in [0.25, 0.3) is 0 Å². The first-order chi connectivity index (χ1) is 8.86. The van der Waals surface area contributed by atoms with Crippen molar-refractivity contribution in [3.05, 3.63) is 39.9 Å². The van der Waals surface area contributed by atoms with E-state index in [0.29, 0.717) is 25.3 Å². The Labute approximate surface area is 118 Å². The molecule has 19 heavy (non-hydrogen) atoms. The average Bonchev–Trinajstić information content (AvgIpc) is 2.33. The molecule has 0 spiro atoms. The average molecular weight is 335 g/mol. The molecule has 2 nitrogen and oxygen atoms in total. The summed E-state index contributed by atoms with van der Waals surface area (Å²) >= 11 is 3.34. The second-order valence-corrected chi connectivity index (χ2v) is 5.42. The summed E-state index contributed by atoms with van der Waals surface area (Å²) < 4.78 is 38.3. The zero-order valence-electron chi connectivity index (χ0n) is 10.2. The van der Waals surface area contributed by atoms with Gasteiger partial charge in [-0.2, -0.15) is 13.2 Å². The van der Waals surface area contributed by atoms with E-state index in [1.807, 2.05) is 17.0 Å². The number of halogens is 4. The molecule has 104 valence electrons. The van der Waals surface area contributed by atoms with Crippen molar-refractivity contribution in [2.75, 3.05) is 18.8 Å². The number of nitrogens with two attached hydrogens (primary N) is 1. The summed E-state index contributed by atoms with van der Waals surface area (Å²) in [6.07, 6.45) is -2.86. The Balaban J connectivity index is 1.99. The summed E-state index contributed by atoms with van der Waals surface area (Å²) in [5, 5.41) is 0. The maximum absolute atomic E-state index is 12.5. The third-order valence-electron chi connectivity index (χ3n) is 3.13. The molecular formula is C13H14BrF3N2. The van der Waals surface area contributed by atoms with Crippen LogP contribution in [0.2, 0.25) is 0 Å². The van der Waals surface area contributed by atoms with Crippen LogP contribution in [0.4, 0.5) is 18.9 Å². The molecule has 0 aliphatic carbocycles. The lowest BCUT2D eigenvalue weighted by molar-refractivity contribution is -0.0960. The second kappa shape index (κ2) is 5.54. The van der Waals surface area contributed by atoms with Crippen LogP contribution in [0.1, 0.15) is 12.0 Å². The van der Waals surface area contributed by atoms with Crippen molar-refractivity contribution < 1.29 is 13.2 Å². The third-order valence-corrected chi connectivity index (χ3v) is 3.82. The fourth-order valence-electron chi connectivity index (χ4n) is 2.04. The molecule has 0 bridgehead atoms. The Bertz CT molecular complexity index is 497. The second-order valence-electron chi connectivity index (χ2n) is 4.57. The molecule has 1 heterocycles. The molecule has 0 aromatic heterocycles. The van der Waals surface area contributed by atoms with E-state index < -0.39 is 11.7 Å². The van der Waals surface area contributed by atoms with Crippen LogP contribution in [0.5, 0.6) is 0 Å². The Kier molecular flexibility index (Phi) is 4.20. The van der Waals surface area contributed by atoms with Gasteiger partial charge >= 0.3 is 6.18 Å². The van der Waals surface area contributed by atoms with E-state index in [1.165, 1.54) is 6.08 Å². The van der Waals surface area contributed by atoms with Crippen molar-refractivity contribution in [1.82, 2.24) is 4.90 Å². The van der Waals surface area contributed by atoms with Crippen molar-refractivity contribution >= 4 is 21.6 Å². The van der Waals surface area contributed by atoms with E-state index in [0.717, 1.165) is 10.0 Å². The monoisotopic (exact) mass is 334 g/mol. The zero-order chi connectivity index (χ0) is 14.0. The van der Waals surface area contributed by atoms with Gasteiger partial charge in [0.05, 0.1) is 0 Å².